The Kier molecular flexibility index (Phi) is 3.69. The molecule has 1 aromatic carbocycles. The number of carbonyl (C=O) groups is 1. The molecule has 0 bridgehead atoms. The van der Waals surface area contributed by atoms with E-state index in [-0.39, 0.29) is 5.91 Å². The van der Waals surface area contributed by atoms with Crippen molar-refractivity contribution in [1.29, 1.82) is 0 Å². The minimum Gasteiger partial charge on any atom is -0.351 e. The summed E-state index contributed by atoms with van der Waals surface area (Å²) in [5.41, 5.74) is 7.36. The number of nitrogens with one attached hydrogen (secondary N) is 1. The molecule has 1 aromatic heterocycles. The van der Waals surface area contributed by atoms with Crippen molar-refractivity contribution >= 4 is 5.91 Å². The van der Waals surface area contributed by atoms with Crippen LogP contribution in [0.2, 0.25) is 0 Å². The fourth-order valence-electron chi connectivity index (χ4n) is 1.50. The third kappa shape index (κ3) is 2.92. The average Bonchev–Trinajstić information content (AvgIpc) is 2.90. The normalized spacial score (nSPS) is 12.1. The van der Waals surface area contributed by atoms with E-state index in [1.807, 2.05) is 24.3 Å². The molecule has 6 heteroatoms. The first-order chi connectivity index (χ1) is 8.66. The van der Waals surface area contributed by atoms with E-state index in [4.69, 9.17) is 5.73 Å². The summed E-state index contributed by atoms with van der Waals surface area (Å²) >= 11 is 0. The zero-order chi connectivity index (χ0) is 13.0. The molecule has 0 radical (unpaired) electrons. The van der Waals surface area contributed by atoms with Crippen molar-refractivity contribution in [2.75, 3.05) is 0 Å². The van der Waals surface area contributed by atoms with Crippen LogP contribution in [0.5, 0.6) is 0 Å². The van der Waals surface area contributed by atoms with Crippen molar-refractivity contribution in [3.05, 3.63) is 42.5 Å². The third-order valence-electron chi connectivity index (χ3n) is 2.47. The largest absolute Gasteiger partial charge is 0.351 e. The number of benzene rings is 1. The first kappa shape index (κ1) is 12.3. The highest BCUT2D eigenvalue weighted by atomic mass is 16.2. The summed E-state index contributed by atoms with van der Waals surface area (Å²) in [4.78, 5) is 15.3. The van der Waals surface area contributed by atoms with Gasteiger partial charge in [0, 0.05) is 6.54 Å². The van der Waals surface area contributed by atoms with E-state index in [0.717, 1.165) is 11.3 Å². The van der Waals surface area contributed by atoms with E-state index in [1.54, 1.807) is 17.9 Å². The Bertz CT molecular complexity index is 521. The van der Waals surface area contributed by atoms with Crippen LogP contribution < -0.4 is 11.1 Å². The maximum atomic E-state index is 11.4. The molecule has 2 aromatic rings. The van der Waals surface area contributed by atoms with Gasteiger partial charge in [0.05, 0.1) is 11.7 Å². The first-order valence-electron chi connectivity index (χ1n) is 5.64. The van der Waals surface area contributed by atoms with E-state index in [9.17, 15) is 4.79 Å². The van der Waals surface area contributed by atoms with Gasteiger partial charge in [-0.05, 0) is 24.6 Å². The number of rotatable bonds is 4. The number of hydrogen-bond donors (Lipinski definition) is 2. The molecule has 0 spiro atoms. The highest BCUT2D eigenvalue weighted by molar-refractivity contribution is 5.80. The summed E-state index contributed by atoms with van der Waals surface area (Å²) in [7, 11) is 0. The van der Waals surface area contributed by atoms with Gasteiger partial charge in [0.1, 0.15) is 12.7 Å². The second-order valence-electron chi connectivity index (χ2n) is 4.02. The number of amides is 1. The Morgan fingerprint density at radius 3 is 3.06 bits per heavy atom. The predicted octanol–water partition coefficient (Wildman–Crippen LogP) is 0.231. The predicted molar refractivity (Wildman–Crippen MR) is 66.9 cm³/mol. The van der Waals surface area contributed by atoms with Gasteiger partial charge in [-0.15, -0.1) is 0 Å². The lowest BCUT2D eigenvalue weighted by Crippen LogP contribution is -2.37. The number of carbonyl (C=O) groups excluding carboxylic acids is 1. The molecule has 1 heterocycles. The topological polar surface area (TPSA) is 85.8 Å². The van der Waals surface area contributed by atoms with Gasteiger partial charge >= 0.3 is 0 Å². The molecule has 0 saturated carbocycles. The van der Waals surface area contributed by atoms with Crippen molar-refractivity contribution in [2.24, 2.45) is 5.73 Å². The Labute approximate surface area is 105 Å². The summed E-state index contributed by atoms with van der Waals surface area (Å²) in [6, 6.07) is 7.21. The van der Waals surface area contributed by atoms with Gasteiger partial charge in [0.2, 0.25) is 5.91 Å². The molecule has 1 atom stereocenters. The van der Waals surface area contributed by atoms with Crippen LogP contribution in [-0.4, -0.2) is 26.7 Å². The van der Waals surface area contributed by atoms with Gasteiger partial charge in [0.15, 0.2) is 0 Å². The lowest BCUT2D eigenvalue weighted by atomic mass is 10.2. The Morgan fingerprint density at radius 2 is 2.39 bits per heavy atom. The SMILES string of the molecule is C[C@@H](N)C(=O)NCc1cccc(-n2cncn2)c1. The maximum absolute atomic E-state index is 11.4. The van der Waals surface area contributed by atoms with Crippen LogP contribution in [0.3, 0.4) is 0 Å². The third-order valence-corrected chi connectivity index (χ3v) is 2.47. The molecule has 0 fully saturated rings. The van der Waals surface area contributed by atoms with E-state index in [2.05, 4.69) is 15.4 Å². The summed E-state index contributed by atoms with van der Waals surface area (Å²) in [6.07, 6.45) is 3.10. The van der Waals surface area contributed by atoms with Crippen molar-refractivity contribution < 1.29 is 4.79 Å². The van der Waals surface area contributed by atoms with Crippen LogP contribution in [0.15, 0.2) is 36.9 Å². The molecule has 0 aliphatic heterocycles. The van der Waals surface area contributed by atoms with Crippen LogP contribution in [0.1, 0.15) is 12.5 Å². The first-order valence-corrected chi connectivity index (χ1v) is 5.64. The van der Waals surface area contributed by atoms with Crippen LogP contribution in [0, 0.1) is 0 Å². The molecule has 1 amide bonds. The number of nitrogens with zero attached hydrogens (tertiary/aromatic N) is 3. The molecular formula is C12H15N5O. The molecule has 0 aliphatic carbocycles. The van der Waals surface area contributed by atoms with E-state index in [1.165, 1.54) is 6.33 Å². The van der Waals surface area contributed by atoms with Crippen LogP contribution in [-0.2, 0) is 11.3 Å². The second-order valence-corrected chi connectivity index (χ2v) is 4.02. The fraction of sp³-hybridized carbons (Fsp3) is 0.250. The second kappa shape index (κ2) is 5.42. The van der Waals surface area contributed by atoms with Crippen LogP contribution in [0.25, 0.3) is 5.69 Å². The van der Waals surface area contributed by atoms with Gasteiger partial charge in [-0.1, -0.05) is 12.1 Å². The van der Waals surface area contributed by atoms with E-state index in [0.29, 0.717) is 6.54 Å². The minimum atomic E-state index is -0.497. The summed E-state index contributed by atoms with van der Waals surface area (Å²) in [5.74, 6) is -0.166. The van der Waals surface area contributed by atoms with Gasteiger partial charge in [-0.25, -0.2) is 9.67 Å². The van der Waals surface area contributed by atoms with Gasteiger partial charge < -0.3 is 11.1 Å². The van der Waals surface area contributed by atoms with Gasteiger partial charge in [-0.3, -0.25) is 4.79 Å². The zero-order valence-corrected chi connectivity index (χ0v) is 10.1. The van der Waals surface area contributed by atoms with Crippen LogP contribution >= 0.6 is 0 Å². The van der Waals surface area contributed by atoms with E-state index < -0.39 is 6.04 Å². The number of nitrogens with two attached hydrogens (primary N) is 1. The quantitative estimate of drug-likeness (QED) is 0.807. The van der Waals surface area contributed by atoms with Gasteiger partial charge in [0.25, 0.3) is 0 Å². The standard InChI is InChI=1S/C12H15N5O/c1-9(13)12(18)15-6-10-3-2-4-11(5-10)17-8-14-7-16-17/h2-5,7-9H,6,13H2,1H3,(H,15,18)/t9-/m1/s1. The lowest BCUT2D eigenvalue weighted by molar-refractivity contribution is -0.122. The molecular weight excluding hydrogens is 230 g/mol. The van der Waals surface area contributed by atoms with Gasteiger partial charge in [-0.2, -0.15) is 5.10 Å². The molecule has 18 heavy (non-hydrogen) atoms. The molecule has 3 N–H and O–H groups in total. The minimum absolute atomic E-state index is 0.166. The number of hydrogen-bond acceptors (Lipinski definition) is 4. The zero-order valence-electron chi connectivity index (χ0n) is 10.1. The maximum Gasteiger partial charge on any atom is 0.236 e. The molecule has 0 unspecified atom stereocenters. The fourth-order valence-corrected chi connectivity index (χ4v) is 1.50. The smallest absolute Gasteiger partial charge is 0.236 e. The monoisotopic (exact) mass is 245 g/mol. The van der Waals surface area contributed by atoms with Crippen molar-refractivity contribution in [2.45, 2.75) is 19.5 Å². The Morgan fingerprint density at radius 1 is 1.56 bits per heavy atom. The summed E-state index contributed by atoms with van der Waals surface area (Å²) in [5, 5.41) is 6.81. The summed E-state index contributed by atoms with van der Waals surface area (Å²) < 4.78 is 1.66. The molecule has 94 valence electrons. The highest BCUT2D eigenvalue weighted by Gasteiger charge is 2.06. The van der Waals surface area contributed by atoms with Crippen molar-refractivity contribution in [1.82, 2.24) is 20.1 Å². The van der Waals surface area contributed by atoms with E-state index >= 15 is 0 Å². The molecule has 6 nitrogen and oxygen atoms in total. The Balaban J connectivity index is 2.06. The van der Waals surface area contributed by atoms with Crippen LogP contribution in [0.4, 0.5) is 0 Å². The average molecular weight is 245 g/mol. The lowest BCUT2D eigenvalue weighted by Gasteiger charge is -2.08. The van der Waals surface area contributed by atoms with Crippen molar-refractivity contribution in [3.63, 3.8) is 0 Å². The number of aromatic nitrogens is 3. The molecule has 2 rings (SSSR count). The molecule has 0 aliphatic rings. The summed E-state index contributed by atoms with van der Waals surface area (Å²) in [6.45, 7) is 2.10. The molecule has 0 saturated heterocycles. The Hall–Kier alpha value is -2.21. The van der Waals surface area contributed by atoms with Crippen molar-refractivity contribution in [3.8, 4) is 5.69 Å². The highest BCUT2D eigenvalue weighted by Crippen LogP contribution is 2.08.